The molecule has 0 bridgehead atoms. The van der Waals surface area contributed by atoms with Gasteiger partial charge in [0.05, 0.1) is 13.2 Å². The zero-order chi connectivity index (χ0) is 23.4. The van der Waals surface area contributed by atoms with Crippen molar-refractivity contribution < 1.29 is 9.53 Å². The van der Waals surface area contributed by atoms with Crippen molar-refractivity contribution >= 4 is 22.4 Å². The molecule has 0 aliphatic heterocycles. The third kappa shape index (κ3) is 4.70. The van der Waals surface area contributed by atoms with Crippen LogP contribution < -0.4 is 10.1 Å². The molecule has 0 spiro atoms. The summed E-state index contributed by atoms with van der Waals surface area (Å²) in [6.07, 6.45) is 0. The fourth-order valence-electron chi connectivity index (χ4n) is 4.16. The van der Waals surface area contributed by atoms with Crippen LogP contribution in [-0.2, 0) is 0 Å². The van der Waals surface area contributed by atoms with E-state index in [4.69, 9.17) is 4.74 Å². The number of hydrogen-bond acceptors (Lipinski definition) is 3. The summed E-state index contributed by atoms with van der Waals surface area (Å²) in [5.74, 6) is 0.831. The molecule has 4 rings (SSSR count). The number of anilines is 1. The fourth-order valence-corrected chi connectivity index (χ4v) is 4.16. The molecule has 0 aliphatic rings. The molecule has 1 unspecified atom stereocenters. The number of nitrogens with zero attached hydrogens (tertiary/aromatic N) is 1. The molecule has 0 saturated carbocycles. The second kappa shape index (κ2) is 9.78. The van der Waals surface area contributed by atoms with E-state index in [-0.39, 0.29) is 11.9 Å². The monoisotopic (exact) mass is 438 g/mol. The molecule has 4 nitrogen and oxygen atoms in total. The second-order valence-electron chi connectivity index (χ2n) is 8.21. The van der Waals surface area contributed by atoms with Gasteiger partial charge in [0.2, 0.25) is 0 Å². The average Bonchev–Trinajstić information content (AvgIpc) is 2.87. The van der Waals surface area contributed by atoms with Crippen LogP contribution in [0.1, 0.15) is 35.8 Å². The summed E-state index contributed by atoms with van der Waals surface area (Å²) in [4.78, 5) is 15.1. The van der Waals surface area contributed by atoms with E-state index < -0.39 is 0 Å². The van der Waals surface area contributed by atoms with Crippen LogP contribution in [0.4, 0.5) is 5.69 Å². The van der Waals surface area contributed by atoms with Gasteiger partial charge in [0.1, 0.15) is 5.75 Å². The number of methoxy groups -OCH3 is 1. The Morgan fingerprint density at radius 1 is 0.939 bits per heavy atom. The molecule has 0 heterocycles. The summed E-state index contributed by atoms with van der Waals surface area (Å²) in [7, 11) is 3.53. The van der Waals surface area contributed by atoms with Crippen LogP contribution in [0.15, 0.2) is 84.9 Å². The molecule has 0 aliphatic carbocycles. The average molecular weight is 439 g/mol. The van der Waals surface area contributed by atoms with Crippen molar-refractivity contribution in [3.05, 3.63) is 96.1 Å². The fraction of sp³-hybridized carbons (Fsp3) is 0.207. The highest BCUT2D eigenvalue weighted by atomic mass is 16.5. The Balaban J connectivity index is 1.55. The third-order valence-electron chi connectivity index (χ3n) is 6.20. The van der Waals surface area contributed by atoms with Gasteiger partial charge in [-0.1, -0.05) is 48.5 Å². The highest BCUT2D eigenvalue weighted by Gasteiger charge is 2.20. The Kier molecular flexibility index (Phi) is 6.64. The van der Waals surface area contributed by atoms with Gasteiger partial charge in [0, 0.05) is 24.8 Å². The van der Waals surface area contributed by atoms with Crippen molar-refractivity contribution in [2.24, 2.45) is 0 Å². The van der Waals surface area contributed by atoms with Crippen molar-refractivity contribution in [1.82, 2.24) is 4.90 Å². The van der Waals surface area contributed by atoms with Crippen LogP contribution in [-0.4, -0.2) is 31.5 Å². The quantitative estimate of drug-likeness (QED) is 0.346. The summed E-state index contributed by atoms with van der Waals surface area (Å²) in [6, 6.07) is 28.3. The minimum absolute atomic E-state index is 0.00468. The normalized spacial score (nSPS) is 11.8. The molecule has 0 aromatic heterocycles. The maximum atomic E-state index is 13.3. The molecule has 1 N–H and O–H groups in total. The topological polar surface area (TPSA) is 41.6 Å². The molecule has 33 heavy (non-hydrogen) atoms. The first kappa shape index (κ1) is 22.4. The van der Waals surface area contributed by atoms with Gasteiger partial charge in [-0.3, -0.25) is 4.79 Å². The number of carbonyl (C=O) groups is 1. The number of nitrogens with one attached hydrogen (secondary N) is 1. The molecule has 4 heteroatoms. The highest BCUT2D eigenvalue weighted by Crippen LogP contribution is 2.30. The Morgan fingerprint density at radius 3 is 2.24 bits per heavy atom. The van der Waals surface area contributed by atoms with Gasteiger partial charge in [-0.25, -0.2) is 0 Å². The van der Waals surface area contributed by atoms with Crippen LogP contribution in [0.5, 0.6) is 5.75 Å². The Bertz CT molecular complexity index is 1250. The van der Waals surface area contributed by atoms with E-state index in [1.54, 1.807) is 7.11 Å². The summed E-state index contributed by atoms with van der Waals surface area (Å²) in [6.45, 7) is 5.06. The smallest absolute Gasteiger partial charge is 0.254 e. The first-order valence-electron chi connectivity index (χ1n) is 11.3. The minimum atomic E-state index is -0.0625. The molecule has 4 aromatic rings. The van der Waals surface area contributed by atoms with Gasteiger partial charge < -0.3 is 15.0 Å². The Morgan fingerprint density at radius 2 is 1.61 bits per heavy atom. The number of hydrogen-bond donors (Lipinski definition) is 1. The van der Waals surface area contributed by atoms with Crippen molar-refractivity contribution in [2.45, 2.75) is 19.9 Å². The first-order valence-corrected chi connectivity index (χ1v) is 11.3. The maximum Gasteiger partial charge on any atom is 0.254 e. The van der Waals surface area contributed by atoms with Gasteiger partial charge in [-0.05, 0) is 77.7 Å². The molecule has 1 atom stereocenters. The lowest BCUT2D eigenvalue weighted by atomic mass is 9.97. The predicted octanol–water partition coefficient (Wildman–Crippen LogP) is 6.78. The number of amides is 1. The van der Waals surface area contributed by atoms with Crippen molar-refractivity contribution in [1.29, 1.82) is 0 Å². The molecule has 1 amide bonds. The second-order valence-corrected chi connectivity index (χ2v) is 8.21. The van der Waals surface area contributed by atoms with Gasteiger partial charge >= 0.3 is 0 Å². The highest BCUT2D eigenvalue weighted by molar-refractivity contribution is 5.95. The van der Waals surface area contributed by atoms with Crippen LogP contribution >= 0.6 is 0 Å². The minimum Gasteiger partial charge on any atom is -0.497 e. The summed E-state index contributed by atoms with van der Waals surface area (Å²) < 4.78 is 5.23. The lowest BCUT2D eigenvalue weighted by Crippen LogP contribution is -2.29. The van der Waals surface area contributed by atoms with E-state index in [0.717, 1.165) is 34.7 Å². The third-order valence-corrected chi connectivity index (χ3v) is 6.20. The molecule has 168 valence electrons. The van der Waals surface area contributed by atoms with Crippen molar-refractivity contribution in [2.75, 3.05) is 26.0 Å². The number of fused-ring (bicyclic) bond motifs is 1. The SMILES string of the molecule is CCNc1ccc2c(C(C)N(C)C(=O)c3ccc(-c4ccc(OC)cc4)cc3)cccc2c1. The van der Waals surface area contributed by atoms with E-state index in [1.807, 2.05) is 60.5 Å². The molecule has 0 radical (unpaired) electrons. The number of benzene rings is 4. The van der Waals surface area contributed by atoms with Crippen LogP contribution in [0.3, 0.4) is 0 Å². The van der Waals surface area contributed by atoms with E-state index in [2.05, 4.69) is 55.6 Å². The standard InChI is InChI=1S/C29H30N2O2/c1-5-30-25-15-18-28-24(19-25)7-6-8-27(28)20(2)31(3)29(32)23-11-9-21(10-12-23)22-13-16-26(33-4)17-14-22/h6-20,30H,5H2,1-4H3. The lowest BCUT2D eigenvalue weighted by Gasteiger charge is -2.27. The van der Waals surface area contributed by atoms with Crippen molar-refractivity contribution in [3.63, 3.8) is 0 Å². The predicted molar refractivity (Wildman–Crippen MR) is 137 cm³/mol. The van der Waals surface area contributed by atoms with Crippen molar-refractivity contribution in [3.8, 4) is 16.9 Å². The summed E-state index contributed by atoms with van der Waals surface area (Å²) >= 11 is 0. The summed E-state index contributed by atoms with van der Waals surface area (Å²) in [5, 5.41) is 5.70. The van der Waals surface area contributed by atoms with Crippen LogP contribution in [0, 0.1) is 0 Å². The Labute approximate surface area is 195 Å². The van der Waals surface area contributed by atoms with E-state index in [9.17, 15) is 4.79 Å². The Hall–Kier alpha value is -3.79. The zero-order valence-electron chi connectivity index (χ0n) is 19.6. The maximum absolute atomic E-state index is 13.3. The van der Waals surface area contributed by atoms with Gasteiger partial charge in [-0.15, -0.1) is 0 Å². The largest absolute Gasteiger partial charge is 0.497 e. The van der Waals surface area contributed by atoms with E-state index >= 15 is 0 Å². The lowest BCUT2D eigenvalue weighted by molar-refractivity contribution is 0.0743. The molecule has 0 saturated heterocycles. The van der Waals surface area contributed by atoms with Crippen LogP contribution in [0.2, 0.25) is 0 Å². The van der Waals surface area contributed by atoms with Gasteiger partial charge in [0.15, 0.2) is 0 Å². The van der Waals surface area contributed by atoms with Gasteiger partial charge in [0.25, 0.3) is 5.91 Å². The molecule has 4 aromatic carbocycles. The first-order chi connectivity index (χ1) is 16.0. The molecule has 0 fully saturated rings. The van der Waals surface area contributed by atoms with Gasteiger partial charge in [-0.2, -0.15) is 0 Å². The van der Waals surface area contributed by atoms with E-state index in [1.165, 1.54) is 10.8 Å². The number of ether oxygens (including phenoxy) is 1. The number of carbonyl (C=O) groups excluding carboxylic acids is 1. The molecular formula is C29H30N2O2. The summed E-state index contributed by atoms with van der Waals surface area (Å²) in [5.41, 5.74) is 5.08. The molecular weight excluding hydrogens is 408 g/mol. The van der Waals surface area contributed by atoms with Crippen LogP contribution in [0.25, 0.3) is 21.9 Å². The van der Waals surface area contributed by atoms with E-state index in [0.29, 0.717) is 5.56 Å². The number of rotatable bonds is 7. The zero-order valence-corrected chi connectivity index (χ0v) is 19.6.